The van der Waals surface area contributed by atoms with Crippen LogP contribution in [0.3, 0.4) is 0 Å². The molecule has 0 atom stereocenters. The van der Waals surface area contributed by atoms with Crippen molar-refractivity contribution < 1.29 is 13.7 Å². The summed E-state index contributed by atoms with van der Waals surface area (Å²) in [6.45, 7) is 0. The number of nitro groups is 1. The zero-order valence-corrected chi connectivity index (χ0v) is 8.23. The summed E-state index contributed by atoms with van der Waals surface area (Å²) in [6.07, 6.45) is -2.01. The predicted octanol–water partition coefficient (Wildman–Crippen LogP) is 2.53. The van der Waals surface area contributed by atoms with Crippen LogP contribution in [0.25, 0.3) is 0 Å². The average molecular weight is 300 g/mol. The van der Waals surface area contributed by atoms with Crippen LogP contribution in [0.1, 0.15) is 12.0 Å². The molecule has 1 heterocycles. The molecule has 0 unspecified atom stereocenters. The SMILES string of the molecule is O=[N+]([O-])c1cnc(I)cc1C(F)F. The lowest BCUT2D eigenvalue weighted by atomic mass is 10.2. The number of alkyl halides is 2. The fourth-order valence-corrected chi connectivity index (χ4v) is 1.24. The Labute approximate surface area is 85.3 Å². The molecule has 0 saturated heterocycles. The Balaban J connectivity index is 3.26. The van der Waals surface area contributed by atoms with E-state index in [0.717, 1.165) is 12.3 Å². The average Bonchev–Trinajstić information content (AvgIpc) is 2.03. The first-order valence-electron chi connectivity index (χ1n) is 3.10. The molecular formula is C6H3F2IN2O2. The van der Waals surface area contributed by atoms with Gasteiger partial charge in [0.2, 0.25) is 0 Å². The van der Waals surface area contributed by atoms with Crippen molar-refractivity contribution in [2.75, 3.05) is 0 Å². The monoisotopic (exact) mass is 300 g/mol. The zero-order chi connectivity index (χ0) is 10.0. The van der Waals surface area contributed by atoms with Gasteiger partial charge in [0.05, 0.1) is 10.5 Å². The van der Waals surface area contributed by atoms with Crippen LogP contribution < -0.4 is 0 Å². The molecule has 1 rings (SSSR count). The van der Waals surface area contributed by atoms with Crippen LogP contribution in [-0.2, 0) is 0 Å². The third-order valence-electron chi connectivity index (χ3n) is 1.31. The standard InChI is InChI=1S/C6H3F2IN2O2/c7-6(8)3-1-5(9)10-2-4(3)11(12)13/h1-2,6H. The topological polar surface area (TPSA) is 56.0 Å². The Morgan fingerprint density at radius 1 is 1.62 bits per heavy atom. The Bertz CT molecular complexity index is 345. The van der Waals surface area contributed by atoms with Crippen molar-refractivity contribution in [3.63, 3.8) is 0 Å². The molecule has 0 N–H and O–H groups in total. The molecule has 0 aliphatic rings. The number of hydrogen-bond donors (Lipinski definition) is 0. The van der Waals surface area contributed by atoms with Crippen molar-refractivity contribution in [1.82, 2.24) is 4.98 Å². The van der Waals surface area contributed by atoms with Gasteiger partial charge in [-0.15, -0.1) is 0 Å². The molecule has 0 bridgehead atoms. The van der Waals surface area contributed by atoms with E-state index in [1.807, 2.05) is 0 Å². The number of halogens is 3. The maximum atomic E-state index is 12.2. The van der Waals surface area contributed by atoms with Gasteiger partial charge >= 0.3 is 0 Å². The second-order valence-corrected chi connectivity index (χ2v) is 3.23. The van der Waals surface area contributed by atoms with Gasteiger partial charge in [-0.3, -0.25) is 10.1 Å². The summed E-state index contributed by atoms with van der Waals surface area (Å²) in [5, 5.41) is 10.3. The normalized spacial score (nSPS) is 10.5. The number of aromatic nitrogens is 1. The number of pyridine rings is 1. The Morgan fingerprint density at radius 2 is 2.23 bits per heavy atom. The van der Waals surface area contributed by atoms with Crippen LogP contribution >= 0.6 is 22.6 Å². The summed E-state index contributed by atoms with van der Waals surface area (Å²) in [5.41, 5.74) is -1.24. The molecule has 1 aromatic heterocycles. The molecule has 0 aromatic carbocycles. The van der Waals surface area contributed by atoms with Gasteiger partial charge in [0.15, 0.2) is 0 Å². The second kappa shape index (κ2) is 3.90. The third-order valence-corrected chi connectivity index (χ3v) is 1.90. The van der Waals surface area contributed by atoms with Gasteiger partial charge in [0.25, 0.3) is 12.1 Å². The highest BCUT2D eigenvalue weighted by Gasteiger charge is 2.21. The van der Waals surface area contributed by atoms with Crippen molar-refractivity contribution in [2.24, 2.45) is 0 Å². The van der Waals surface area contributed by atoms with E-state index in [2.05, 4.69) is 4.98 Å². The zero-order valence-electron chi connectivity index (χ0n) is 6.08. The van der Waals surface area contributed by atoms with Gasteiger partial charge < -0.3 is 0 Å². The predicted molar refractivity (Wildman–Crippen MR) is 48.6 cm³/mol. The van der Waals surface area contributed by atoms with Crippen LogP contribution in [0.15, 0.2) is 12.3 Å². The molecule has 7 heteroatoms. The Hall–Kier alpha value is -0.860. The minimum absolute atomic E-state index is 0.304. The van der Waals surface area contributed by atoms with Crippen molar-refractivity contribution in [2.45, 2.75) is 6.43 Å². The first kappa shape index (κ1) is 10.2. The summed E-state index contributed by atoms with van der Waals surface area (Å²) in [4.78, 5) is 13.0. The molecule has 1 aromatic rings. The van der Waals surface area contributed by atoms with Crippen molar-refractivity contribution in [3.05, 3.63) is 31.6 Å². The van der Waals surface area contributed by atoms with E-state index in [4.69, 9.17) is 0 Å². The number of rotatable bonds is 2. The van der Waals surface area contributed by atoms with Gasteiger partial charge in [-0.05, 0) is 28.7 Å². The van der Waals surface area contributed by atoms with E-state index in [9.17, 15) is 18.9 Å². The summed E-state index contributed by atoms with van der Waals surface area (Å²) in [5.74, 6) is 0. The van der Waals surface area contributed by atoms with E-state index in [-0.39, 0.29) is 0 Å². The minimum atomic E-state index is -2.85. The van der Waals surface area contributed by atoms with E-state index >= 15 is 0 Å². The van der Waals surface area contributed by atoms with Crippen LogP contribution in [0.4, 0.5) is 14.5 Å². The van der Waals surface area contributed by atoms with E-state index in [1.54, 1.807) is 22.6 Å². The molecule has 0 amide bonds. The van der Waals surface area contributed by atoms with Gasteiger partial charge in [0, 0.05) is 0 Å². The summed E-state index contributed by atoms with van der Waals surface area (Å²) in [6, 6.07) is 1.00. The molecule has 0 fully saturated rings. The molecule has 0 spiro atoms. The Morgan fingerprint density at radius 3 is 2.69 bits per heavy atom. The first-order chi connectivity index (χ1) is 6.02. The minimum Gasteiger partial charge on any atom is -0.258 e. The van der Waals surface area contributed by atoms with Crippen LogP contribution in [0.5, 0.6) is 0 Å². The van der Waals surface area contributed by atoms with E-state index < -0.39 is 22.6 Å². The smallest absolute Gasteiger partial charge is 0.258 e. The highest BCUT2D eigenvalue weighted by atomic mass is 127. The summed E-state index contributed by atoms with van der Waals surface area (Å²) in [7, 11) is 0. The van der Waals surface area contributed by atoms with Gasteiger partial charge in [0.1, 0.15) is 9.90 Å². The molecule has 0 aliphatic heterocycles. The molecule has 4 nitrogen and oxygen atoms in total. The van der Waals surface area contributed by atoms with Crippen molar-refractivity contribution in [1.29, 1.82) is 0 Å². The highest BCUT2D eigenvalue weighted by molar-refractivity contribution is 14.1. The molecular weight excluding hydrogens is 297 g/mol. The molecule has 70 valence electrons. The second-order valence-electron chi connectivity index (χ2n) is 2.12. The van der Waals surface area contributed by atoms with E-state index in [1.165, 1.54) is 0 Å². The number of nitrogens with zero attached hydrogens (tertiary/aromatic N) is 2. The molecule has 0 radical (unpaired) electrons. The quantitative estimate of drug-likeness (QED) is 0.365. The summed E-state index contributed by atoms with van der Waals surface area (Å²) >= 11 is 1.71. The maximum Gasteiger partial charge on any atom is 0.296 e. The van der Waals surface area contributed by atoms with Gasteiger partial charge in [-0.2, -0.15) is 0 Å². The molecule has 0 aliphatic carbocycles. The van der Waals surface area contributed by atoms with Crippen LogP contribution in [0, 0.1) is 13.8 Å². The van der Waals surface area contributed by atoms with Crippen LogP contribution in [0.2, 0.25) is 0 Å². The van der Waals surface area contributed by atoms with E-state index in [0.29, 0.717) is 3.70 Å². The lowest BCUT2D eigenvalue weighted by Crippen LogP contribution is -1.98. The largest absolute Gasteiger partial charge is 0.296 e. The van der Waals surface area contributed by atoms with Crippen molar-refractivity contribution in [3.8, 4) is 0 Å². The van der Waals surface area contributed by atoms with Crippen LogP contribution in [-0.4, -0.2) is 9.91 Å². The molecule has 13 heavy (non-hydrogen) atoms. The first-order valence-corrected chi connectivity index (χ1v) is 4.18. The molecule has 0 saturated carbocycles. The Kier molecular flexibility index (Phi) is 3.07. The lowest BCUT2D eigenvalue weighted by molar-refractivity contribution is -0.386. The lowest BCUT2D eigenvalue weighted by Gasteiger charge is -2.00. The highest BCUT2D eigenvalue weighted by Crippen LogP contribution is 2.28. The summed E-state index contributed by atoms with van der Waals surface area (Å²) < 4.78 is 24.8. The number of hydrogen-bond acceptors (Lipinski definition) is 3. The van der Waals surface area contributed by atoms with Gasteiger partial charge in [-0.1, -0.05) is 0 Å². The van der Waals surface area contributed by atoms with Gasteiger partial charge in [-0.25, -0.2) is 13.8 Å². The van der Waals surface area contributed by atoms with Crippen molar-refractivity contribution >= 4 is 28.3 Å². The fourth-order valence-electron chi connectivity index (χ4n) is 0.764. The third kappa shape index (κ3) is 2.29. The maximum absolute atomic E-state index is 12.2. The fraction of sp³-hybridized carbons (Fsp3) is 0.167.